The molecule has 31 heavy (non-hydrogen) atoms. The molecule has 0 aliphatic rings. The van der Waals surface area contributed by atoms with Gasteiger partial charge >= 0.3 is 0 Å². The van der Waals surface area contributed by atoms with Gasteiger partial charge in [-0.3, -0.25) is 0 Å². The van der Waals surface area contributed by atoms with Crippen molar-refractivity contribution in [1.29, 1.82) is 0 Å². The summed E-state index contributed by atoms with van der Waals surface area (Å²) in [6.45, 7) is 6.55. The molecule has 0 fully saturated rings. The highest BCUT2D eigenvalue weighted by molar-refractivity contribution is 5.18. The summed E-state index contributed by atoms with van der Waals surface area (Å²) in [6, 6.07) is 20.2. The van der Waals surface area contributed by atoms with Crippen LogP contribution in [0.2, 0.25) is 0 Å². The average molecular weight is 429 g/mol. The number of rotatable bonds is 13. The molecule has 0 bridgehead atoms. The SMILES string of the molecule is C=CCCCCCCCCO.CC(CO)c1ccccc1.OCCCc1ccccc1. The van der Waals surface area contributed by atoms with Crippen LogP contribution in [0.5, 0.6) is 0 Å². The van der Waals surface area contributed by atoms with Gasteiger partial charge < -0.3 is 15.3 Å². The zero-order chi connectivity index (χ0) is 23.0. The van der Waals surface area contributed by atoms with Crippen molar-refractivity contribution in [3.63, 3.8) is 0 Å². The van der Waals surface area contributed by atoms with E-state index in [0.29, 0.717) is 6.61 Å². The van der Waals surface area contributed by atoms with Crippen LogP contribution in [0.3, 0.4) is 0 Å². The number of unbranched alkanes of at least 4 members (excludes halogenated alkanes) is 6. The minimum atomic E-state index is 0.226. The third-order valence-electron chi connectivity index (χ3n) is 4.93. The van der Waals surface area contributed by atoms with E-state index >= 15 is 0 Å². The number of aryl methyl sites for hydroxylation is 1. The zero-order valence-corrected chi connectivity index (χ0v) is 19.5. The summed E-state index contributed by atoms with van der Waals surface area (Å²) in [5, 5.41) is 25.8. The molecule has 2 aromatic carbocycles. The average Bonchev–Trinajstić information content (AvgIpc) is 2.84. The second-order valence-electron chi connectivity index (χ2n) is 7.73. The summed E-state index contributed by atoms with van der Waals surface area (Å²) in [4.78, 5) is 0. The summed E-state index contributed by atoms with van der Waals surface area (Å²) in [7, 11) is 0. The molecule has 0 heterocycles. The molecule has 3 nitrogen and oxygen atoms in total. The van der Waals surface area contributed by atoms with Gasteiger partial charge in [0.25, 0.3) is 0 Å². The van der Waals surface area contributed by atoms with E-state index in [-0.39, 0.29) is 19.1 Å². The van der Waals surface area contributed by atoms with Crippen LogP contribution in [0.25, 0.3) is 0 Å². The van der Waals surface area contributed by atoms with Crippen LogP contribution >= 0.6 is 0 Å². The maximum absolute atomic E-state index is 8.79. The van der Waals surface area contributed by atoms with Crippen LogP contribution in [0.4, 0.5) is 0 Å². The third-order valence-corrected chi connectivity index (χ3v) is 4.93. The molecule has 174 valence electrons. The number of benzene rings is 2. The first-order chi connectivity index (χ1) is 15.2. The molecule has 1 unspecified atom stereocenters. The maximum atomic E-state index is 8.79. The molecule has 3 N–H and O–H groups in total. The van der Waals surface area contributed by atoms with Gasteiger partial charge in [-0.2, -0.15) is 0 Å². The minimum absolute atomic E-state index is 0.226. The largest absolute Gasteiger partial charge is 0.396 e. The number of aliphatic hydroxyl groups excluding tert-OH is 3. The Balaban J connectivity index is 0.000000436. The van der Waals surface area contributed by atoms with Gasteiger partial charge in [0.15, 0.2) is 0 Å². The van der Waals surface area contributed by atoms with Crippen LogP contribution in [0.15, 0.2) is 73.3 Å². The van der Waals surface area contributed by atoms with Gasteiger partial charge in [0, 0.05) is 25.7 Å². The van der Waals surface area contributed by atoms with Crippen molar-refractivity contribution < 1.29 is 15.3 Å². The molecule has 2 aromatic rings. The topological polar surface area (TPSA) is 60.7 Å². The van der Waals surface area contributed by atoms with E-state index in [9.17, 15) is 0 Å². The zero-order valence-electron chi connectivity index (χ0n) is 19.5. The van der Waals surface area contributed by atoms with Crippen molar-refractivity contribution in [3.8, 4) is 0 Å². The second-order valence-corrected chi connectivity index (χ2v) is 7.73. The fraction of sp³-hybridized carbons (Fsp3) is 0.500. The summed E-state index contributed by atoms with van der Waals surface area (Å²) in [5.74, 6) is 0.265. The van der Waals surface area contributed by atoms with E-state index in [1.54, 1.807) is 0 Å². The highest BCUT2D eigenvalue weighted by atomic mass is 16.3. The second kappa shape index (κ2) is 22.7. The lowest BCUT2D eigenvalue weighted by molar-refractivity contribution is 0.273. The fourth-order valence-electron chi connectivity index (χ4n) is 2.92. The van der Waals surface area contributed by atoms with Gasteiger partial charge in [-0.15, -0.1) is 6.58 Å². The standard InChI is InChI=1S/C10H20O.2C9H12O/c1-2-3-4-5-6-7-8-9-10-11;1-8(7-10)9-5-3-2-4-6-9;10-8-4-7-9-5-2-1-3-6-9/h2,11H,1,3-10H2;2-6,8,10H,7H2,1H3;1-3,5-6,10H,4,7-8H2. The molecule has 0 amide bonds. The first-order valence-corrected chi connectivity index (χ1v) is 11.7. The summed E-state index contributed by atoms with van der Waals surface area (Å²) in [5.41, 5.74) is 2.50. The number of aliphatic hydroxyl groups is 3. The molecule has 0 saturated carbocycles. The maximum Gasteiger partial charge on any atom is 0.0497 e. The Kier molecular flexibility index (Phi) is 21.3. The molecule has 0 radical (unpaired) electrons. The summed E-state index contributed by atoms with van der Waals surface area (Å²) >= 11 is 0. The molecule has 0 aliphatic carbocycles. The molecular weight excluding hydrogens is 384 g/mol. The highest BCUT2D eigenvalue weighted by Crippen LogP contribution is 2.12. The van der Waals surface area contributed by atoms with Gasteiger partial charge in [0.05, 0.1) is 0 Å². The number of allylic oxidation sites excluding steroid dienone is 1. The van der Waals surface area contributed by atoms with Crippen molar-refractivity contribution in [3.05, 3.63) is 84.4 Å². The Morgan fingerprint density at radius 1 is 0.710 bits per heavy atom. The monoisotopic (exact) mass is 428 g/mol. The molecule has 0 saturated heterocycles. The van der Waals surface area contributed by atoms with Crippen molar-refractivity contribution in [1.82, 2.24) is 0 Å². The molecular formula is C28H44O3. The molecule has 0 aromatic heterocycles. The lowest BCUT2D eigenvalue weighted by atomic mass is 10.0. The Bertz CT molecular complexity index is 598. The van der Waals surface area contributed by atoms with Gasteiger partial charge in [-0.05, 0) is 43.2 Å². The Morgan fingerprint density at radius 3 is 1.74 bits per heavy atom. The highest BCUT2D eigenvalue weighted by Gasteiger charge is 2.00. The van der Waals surface area contributed by atoms with Gasteiger partial charge in [-0.1, -0.05) is 99.3 Å². The number of hydrogen-bond acceptors (Lipinski definition) is 3. The third kappa shape index (κ3) is 18.5. The van der Waals surface area contributed by atoms with Crippen LogP contribution in [-0.4, -0.2) is 35.1 Å². The normalized spacial score (nSPS) is 10.8. The Labute approximate surface area is 190 Å². The lowest BCUT2D eigenvalue weighted by Crippen LogP contribution is -1.97. The van der Waals surface area contributed by atoms with Crippen LogP contribution in [-0.2, 0) is 6.42 Å². The van der Waals surface area contributed by atoms with Crippen molar-refractivity contribution in [2.75, 3.05) is 19.8 Å². The van der Waals surface area contributed by atoms with Crippen molar-refractivity contribution >= 4 is 0 Å². The van der Waals surface area contributed by atoms with Crippen LogP contribution in [0.1, 0.15) is 75.3 Å². The van der Waals surface area contributed by atoms with Crippen molar-refractivity contribution in [2.24, 2.45) is 0 Å². The first-order valence-electron chi connectivity index (χ1n) is 11.7. The van der Waals surface area contributed by atoms with E-state index in [4.69, 9.17) is 15.3 Å². The first kappa shape index (κ1) is 29.1. The van der Waals surface area contributed by atoms with Crippen LogP contribution < -0.4 is 0 Å². The predicted octanol–water partition coefficient (Wildman–Crippen LogP) is 6.29. The predicted molar refractivity (Wildman–Crippen MR) is 133 cm³/mol. The molecule has 0 aliphatic heterocycles. The van der Waals surface area contributed by atoms with E-state index in [0.717, 1.165) is 25.7 Å². The quantitative estimate of drug-likeness (QED) is 0.259. The lowest BCUT2D eigenvalue weighted by Gasteiger charge is -2.05. The van der Waals surface area contributed by atoms with E-state index < -0.39 is 0 Å². The molecule has 1 atom stereocenters. The summed E-state index contributed by atoms with van der Waals surface area (Å²) in [6.07, 6.45) is 12.3. The van der Waals surface area contributed by atoms with Crippen molar-refractivity contribution in [2.45, 2.75) is 70.6 Å². The van der Waals surface area contributed by atoms with Crippen LogP contribution in [0, 0.1) is 0 Å². The molecule has 2 rings (SSSR count). The smallest absolute Gasteiger partial charge is 0.0497 e. The van der Waals surface area contributed by atoms with E-state index in [1.807, 2.05) is 61.5 Å². The summed E-state index contributed by atoms with van der Waals surface area (Å²) < 4.78 is 0. The van der Waals surface area contributed by atoms with Gasteiger partial charge in [0.2, 0.25) is 0 Å². The minimum Gasteiger partial charge on any atom is -0.396 e. The van der Waals surface area contributed by atoms with Gasteiger partial charge in [-0.25, -0.2) is 0 Å². The van der Waals surface area contributed by atoms with E-state index in [1.165, 1.54) is 43.2 Å². The van der Waals surface area contributed by atoms with E-state index in [2.05, 4.69) is 18.7 Å². The van der Waals surface area contributed by atoms with Gasteiger partial charge in [0.1, 0.15) is 0 Å². The Hall–Kier alpha value is -1.94. The Morgan fingerprint density at radius 2 is 1.23 bits per heavy atom. The number of hydrogen-bond donors (Lipinski definition) is 3. The molecule has 0 spiro atoms. The molecule has 3 heteroatoms. The fourth-order valence-corrected chi connectivity index (χ4v) is 2.92.